The molecule has 0 radical (unpaired) electrons. The van der Waals surface area contributed by atoms with E-state index in [-0.39, 0.29) is 10.8 Å². The van der Waals surface area contributed by atoms with Crippen molar-refractivity contribution in [3.63, 3.8) is 0 Å². The Hall–Kier alpha value is -16.2. The maximum atomic E-state index is 5.37. The molecular weight excluding hydrogens is 1600 g/mol. The Morgan fingerprint density at radius 2 is 0.409 bits per heavy atom. The molecule has 0 N–H and O–H groups in total. The minimum absolute atomic E-state index is 0.0773. The highest BCUT2D eigenvalue weighted by Crippen LogP contribution is 2.45. The van der Waals surface area contributed by atoms with Gasteiger partial charge in [-0.2, -0.15) is 0 Å². The molecule has 0 aliphatic carbocycles. The Morgan fingerprint density at radius 3 is 0.674 bits per heavy atom. The molecule has 0 saturated heterocycles. The van der Waals surface area contributed by atoms with E-state index < -0.39 is 0 Å². The van der Waals surface area contributed by atoms with E-state index in [0.29, 0.717) is 0 Å². The van der Waals surface area contributed by atoms with Gasteiger partial charge in [-0.3, -0.25) is 15.0 Å². The summed E-state index contributed by atoms with van der Waals surface area (Å²) in [5, 5.41) is 0. The molecule has 0 aliphatic rings. The van der Waals surface area contributed by atoms with E-state index in [1.807, 2.05) is 79.4 Å². The van der Waals surface area contributed by atoms with Gasteiger partial charge >= 0.3 is 0 Å². The second-order valence-electron chi connectivity index (χ2n) is 36.1. The van der Waals surface area contributed by atoms with Crippen LogP contribution in [0.3, 0.4) is 0 Å². The zero-order valence-corrected chi connectivity index (χ0v) is 75.9. The van der Waals surface area contributed by atoms with Crippen LogP contribution in [0.1, 0.15) is 74.9 Å². The smallest absolute Gasteiger partial charge is 0.0973 e. The van der Waals surface area contributed by atoms with Gasteiger partial charge in [0, 0.05) is 69.9 Å². The predicted molar refractivity (Wildman–Crippen MR) is 550 cm³/mol. The molecule has 6 aromatic heterocycles. The Bertz CT molecular complexity index is 7340. The van der Waals surface area contributed by atoms with Crippen LogP contribution in [-0.4, -0.2) is 44.9 Å². The van der Waals surface area contributed by atoms with Crippen molar-refractivity contribution in [3.8, 4) is 168 Å². The largest absolute Gasteiger partial charge is 0.265 e. The first-order valence-electron chi connectivity index (χ1n) is 45.1. The molecule has 6 heterocycles. The second-order valence-corrected chi connectivity index (χ2v) is 36.1. The second kappa shape index (κ2) is 37.2. The molecule has 636 valence electrons. The van der Waals surface area contributed by atoms with Gasteiger partial charge in [0.05, 0.1) is 73.0 Å². The molecule has 0 atom stereocenters. The van der Waals surface area contributed by atoms with Crippen molar-refractivity contribution in [3.05, 3.63) is 453 Å². The standard InChI is InChI=1S/C45H41N3.2C39H29N3/c1-44(2,3)35-23-19-30(20-24-35)37-28-40-41(29-38(37)31-21-25-36(26-22-31)45(4,5)6)48-43(42(47-40)33-12-8-7-9-13-33)34-17-15-32(16-18-34)39-14-10-11-27-46-39;1-26-10-14-29(15-11-26)34-23-36-37(24-35(34)30-16-12-27(2)13-17-30)42-39(38(41-36)31-7-4-3-5-8-31)32-20-18-28(19-21-32)33-9-6-22-40-25-33;1-26-8-12-30(13-9-26)34-24-36-37(25-35(34)31-14-10-27(2)11-15-31)42-39(38(41-36)32-6-4-3-5-7-32)33-18-16-28(17-19-33)29-20-22-40-23-21-29/h7-29H,1-6H3;2*3-25H,1-2H3. The van der Waals surface area contributed by atoms with E-state index in [1.54, 1.807) is 6.20 Å². The highest BCUT2D eigenvalue weighted by molar-refractivity contribution is 6.00. The third-order valence-electron chi connectivity index (χ3n) is 24.6. The summed E-state index contributed by atoms with van der Waals surface area (Å²) < 4.78 is 0. The van der Waals surface area contributed by atoms with Crippen LogP contribution in [0.15, 0.2) is 419 Å². The average molecular weight is 1700 g/mol. The number of hydrogen-bond acceptors (Lipinski definition) is 9. The van der Waals surface area contributed by atoms with E-state index in [4.69, 9.17) is 29.9 Å². The molecule has 21 aromatic rings. The number of fused-ring (bicyclic) bond motifs is 3. The van der Waals surface area contributed by atoms with E-state index >= 15 is 0 Å². The van der Waals surface area contributed by atoms with Gasteiger partial charge in [0.15, 0.2) is 0 Å². The molecule has 0 unspecified atom stereocenters. The number of nitrogens with zero attached hydrogens (tertiary/aromatic N) is 9. The first-order valence-corrected chi connectivity index (χ1v) is 45.1. The monoisotopic (exact) mass is 1700 g/mol. The predicted octanol–water partition coefficient (Wildman–Crippen LogP) is 31.9. The summed E-state index contributed by atoms with van der Waals surface area (Å²) in [5.41, 5.74) is 44.7. The summed E-state index contributed by atoms with van der Waals surface area (Å²) in [6.45, 7) is 22.0. The third-order valence-corrected chi connectivity index (χ3v) is 24.6. The summed E-state index contributed by atoms with van der Waals surface area (Å²) in [6, 6.07) is 137. The van der Waals surface area contributed by atoms with E-state index in [9.17, 15) is 0 Å². The van der Waals surface area contributed by atoms with Crippen LogP contribution in [-0.2, 0) is 10.8 Å². The van der Waals surface area contributed by atoms with Gasteiger partial charge in [-0.05, 0) is 205 Å². The lowest BCUT2D eigenvalue weighted by atomic mass is 9.84. The van der Waals surface area contributed by atoms with Gasteiger partial charge in [-0.15, -0.1) is 0 Å². The fourth-order valence-electron chi connectivity index (χ4n) is 17.0. The molecule has 0 spiro atoms. The molecule has 0 fully saturated rings. The summed E-state index contributed by atoms with van der Waals surface area (Å²) in [7, 11) is 0. The average Bonchev–Trinajstić information content (AvgIpc) is 0.761. The van der Waals surface area contributed by atoms with Crippen molar-refractivity contribution in [1.29, 1.82) is 0 Å². The zero-order chi connectivity index (χ0) is 90.4. The number of rotatable bonds is 15. The van der Waals surface area contributed by atoms with Crippen LogP contribution in [0.4, 0.5) is 0 Å². The van der Waals surface area contributed by atoms with Crippen LogP contribution in [0.2, 0.25) is 0 Å². The van der Waals surface area contributed by atoms with Crippen molar-refractivity contribution >= 4 is 33.1 Å². The quantitative estimate of drug-likeness (QED) is 0.0989. The molecule has 9 nitrogen and oxygen atoms in total. The van der Waals surface area contributed by atoms with Crippen LogP contribution >= 0.6 is 0 Å². The maximum Gasteiger partial charge on any atom is 0.0973 e. The molecule has 0 amide bonds. The normalized spacial score (nSPS) is 11.4. The highest BCUT2D eigenvalue weighted by Gasteiger charge is 2.24. The molecule has 0 saturated carbocycles. The summed E-state index contributed by atoms with van der Waals surface area (Å²) in [5.74, 6) is 0. The lowest BCUT2D eigenvalue weighted by Gasteiger charge is -2.21. The molecule has 132 heavy (non-hydrogen) atoms. The number of benzene rings is 15. The summed E-state index contributed by atoms with van der Waals surface area (Å²) >= 11 is 0. The zero-order valence-electron chi connectivity index (χ0n) is 75.9. The highest BCUT2D eigenvalue weighted by atomic mass is 14.9. The van der Waals surface area contributed by atoms with Gasteiger partial charge in [0.2, 0.25) is 0 Å². The van der Waals surface area contributed by atoms with Gasteiger partial charge in [-0.1, -0.05) is 385 Å². The lowest BCUT2D eigenvalue weighted by molar-refractivity contribution is 0.590. The lowest BCUT2D eigenvalue weighted by Crippen LogP contribution is -2.10. The minimum atomic E-state index is 0.0773. The van der Waals surface area contributed by atoms with Gasteiger partial charge in [0.25, 0.3) is 0 Å². The molecule has 0 bridgehead atoms. The van der Waals surface area contributed by atoms with Crippen LogP contribution < -0.4 is 0 Å². The van der Waals surface area contributed by atoms with Crippen molar-refractivity contribution < 1.29 is 0 Å². The fraction of sp³-hybridized carbons (Fsp3) is 0.0976. The number of pyridine rings is 3. The molecule has 9 heteroatoms. The molecular formula is C123H99N9. The molecule has 21 rings (SSSR count). The molecule has 0 aliphatic heterocycles. The fourth-order valence-corrected chi connectivity index (χ4v) is 17.0. The Morgan fingerprint density at radius 1 is 0.174 bits per heavy atom. The van der Waals surface area contributed by atoms with E-state index in [0.717, 1.165) is 201 Å². The van der Waals surface area contributed by atoms with Crippen LogP contribution in [0, 0.1) is 27.7 Å². The van der Waals surface area contributed by atoms with Crippen LogP contribution in [0.5, 0.6) is 0 Å². The van der Waals surface area contributed by atoms with Crippen LogP contribution in [0.25, 0.3) is 201 Å². The summed E-state index contributed by atoms with van der Waals surface area (Å²) in [6.07, 6.45) is 9.15. The first-order chi connectivity index (χ1) is 64.3. The third kappa shape index (κ3) is 18.8. The Kier molecular flexibility index (Phi) is 24.0. The summed E-state index contributed by atoms with van der Waals surface area (Å²) in [4.78, 5) is 44.9. The van der Waals surface area contributed by atoms with Gasteiger partial charge in [0.1, 0.15) is 0 Å². The number of aromatic nitrogens is 9. The van der Waals surface area contributed by atoms with E-state index in [1.165, 1.54) is 33.4 Å². The minimum Gasteiger partial charge on any atom is -0.265 e. The molecule has 15 aromatic carbocycles. The first kappa shape index (κ1) is 85.2. The Labute approximate surface area is 773 Å². The number of hydrogen-bond donors (Lipinski definition) is 0. The van der Waals surface area contributed by atoms with Gasteiger partial charge < -0.3 is 0 Å². The van der Waals surface area contributed by atoms with Crippen molar-refractivity contribution in [1.82, 2.24) is 44.9 Å². The van der Waals surface area contributed by atoms with Crippen molar-refractivity contribution in [2.45, 2.75) is 80.1 Å². The maximum absolute atomic E-state index is 5.37. The van der Waals surface area contributed by atoms with E-state index in [2.05, 4.69) is 418 Å². The number of aryl methyl sites for hydroxylation is 4. The van der Waals surface area contributed by atoms with Gasteiger partial charge in [-0.25, -0.2) is 29.9 Å². The van der Waals surface area contributed by atoms with Crippen molar-refractivity contribution in [2.75, 3.05) is 0 Å². The SMILES string of the molecule is CC(C)(C)c1ccc(-c2cc3nc(-c4ccccc4)c(-c4ccc(-c5ccccn5)cc4)nc3cc2-c2ccc(C(C)(C)C)cc2)cc1.Cc1ccc(-c2cc3nc(-c4ccccc4)c(-c4ccc(-c5cccnc5)cc4)nc3cc2-c2ccc(C)cc2)cc1.Cc1ccc(-c2cc3nc(-c4ccccc4)c(-c4ccc(-c5ccncc5)cc4)nc3cc2-c2ccc(C)cc2)cc1. The van der Waals surface area contributed by atoms with Crippen molar-refractivity contribution in [2.24, 2.45) is 0 Å². The Balaban J connectivity index is 0.000000128. The topological polar surface area (TPSA) is 116 Å².